The van der Waals surface area contributed by atoms with Crippen LogP contribution in [0.25, 0.3) is 11.3 Å². The zero-order valence-electron chi connectivity index (χ0n) is 18.6. The number of phenolic OH excluding ortho intramolecular Hbond substituents is 1. The number of halogens is 1. The van der Waals surface area contributed by atoms with Gasteiger partial charge in [0.05, 0.1) is 23.5 Å². The smallest absolute Gasteiger partial charge is 0.229 e. The summed E-state index contributed by atoms with van der Waals surface area (Å²) in [7, 11) is 0. The van der Waals surface area contributed by atoms with Gasteiger partial charge in [-0.25, -0.2) is 9.97 Å². The van der Waals surface area contributed by atoms with E-state index in [1.807, 2.05) is 24.3 Å². The Morgan fingerprint density at radius 2 is 1.82 bits per heavy atom. The van der Waals surface area contributed by atoms with Gasteiger partial charge in [-0.05, 0) is 66.6 Å². The van der Waals surface area contributed by atoms with Crippen molar-refractivity contribution in [1.29, 1.82) is 0 Å². The molecular formula is C27H28ClN3O2. The summed E-state index contributed by atoms with van der Waals surface area (Å²) in [6.45, 7) is 0. The monoisotopic (exact) mass is 461 g/mol. The molecular weight excluding hydrogens is 434 g/mol. The molecule has 5 rings (SSSR count). The number of nitrogens with one attached hydrogen (secondary N) is 1. The summed E-state index contributed by atoms with van der Waals surface area (Å²) in [6, 6.07) is 12.8. The molecule has 1 amide bonds. The maximum absolute atomic E-state index is 12.9. The third-order valence-corrected chi connectivity index (χ3v) is 7.01. The molecule has 2 aliphatic carbocycles. The van der Waals surface area contributed by atoms with Gasteiger partial charge >= 0.3 is 0 Å². The van der Waals surface area contributed by atoms with Crippen LogP contribution >= 0.6 is 11.6 Å². The Morgan fingerprint density at radius 3 is 2.61 bits per heavy atom. The van der Waals surface area contributed by atoms with Crippen LogP contribution in [-0.4, -0.2) is 21.0 Å². The van der Waals surface area contributed by atoms with Gasteiger partial charge in [0, 0.05) is 10.6 Å². The fourth-order valence-electron chi connectivity index (χ4n) is 5.04. The number of nitrogens with zero attached hydrogens (tertiary/aromatic N) is 2. The van der Waals surface area contributed by atoms with Gasteiger partial charge in [0.15, 0.2) is 5.82 Å². The minimum Gasteiger partial charge on any atom is -0.508 e. The largest absolute Gasteiger partial charge is 0.508 e. The van der Waals surface area contributed by atoms with Crippen LogP contribution in [0.5, 0.6) is 5.75 Å². The standard InChI is InChI=1S/C27H28ClN3O2/c28-20-9-6-18(7-10-20)15-25(33)31-27-24(14-17-4-2-1-3-5-17)29-26-22-12-11-21(32)16-19(22)8-13-23(26)30-27/h6-7,9-12,16-17,32H,1-5,8,13-15H2,(H,30,31,33). The molecule has 6 heteroatoms. The van der Waals surface area contributed by atoms with E-state index in [4.69, 9.17) is 21.6 Å². The van der Waals surface area contributed by atoms with E-state index in [2.05, 4.69) is 5.32 Å². The first kappa shape index (κ1) is 21.9. The van der Waals surface area contributed by atoms with Crippen LogP contribution in [0, 0.1) is 5.92 Å². The molecule has 170 valence electrons. The van der Waals surface area contributed by atoms with Crippen molar-refractivity contribution in [2.75, 3.05) is 5.32 Å². The van der Waals surface area contributed by atoms with Crippen LogP contribution in [0.15, 0.2) is 42.5 Å². The summed E-state index contributed by atoms with van der Waals surface area (Å²) in [5, 5.41) is 13.6. The van der Waals surface area contributed by atoms with Crippen molar-refractivity contribution < 1.29 is 9.90 Å². The summed E-state index contributed by atoms with van der Waals surface area (Å²) >= 11 is 5.97. The van der Waals surface area contributed by atoms with Gasteiger partial charge in [-0.15, -0.1) is 0 Å². The molecule has 2 N–H and O–H groups in total. The molecule has 0 radical (unpaired) electrons. The lowest BCUT2D eigenvalue weighted by Crippen LogP contribution is -2.21. The van der Waals surface area contributed by atoms with Crippen LogP contribution in [0.1, 0.15) is 54.6 Å². The number of phenols is 1. The van der Waals surface area contributed by atoms with Gasteiger partial charge in [0.1, 0.15) is 5.75 Å². The number of aromatic hydroxyl groups is 1. The van der Waals surface area contributed by atoms with Crippen LogP contribution in [-0.2, 0) is 30.5 Å². The summed E-state index contributed by atoms with van der Waals surface area (Å²) in [5.74, 6) is 1.35. The van der Waals surface area contributed by atoms with E-state index in [9.17, 15) is 9.90 Å². The number of carbonyl (C=O) groups excluding carboxylic acids is 1. The molecule has 0 unspecified atom stereocenters. The Kier molecular flexibility index (Phi) is 6.32. The maximum atomic E-state index is 12.9. The summed E-state index contributed by atoms with van der Waals surface area (Å²) in [5.41, 5.74) is 5.70. The maximum Gasteiger partial charge on any atom is 0.229 e. The molecule has 1 saturated carbocycles. The Hall–Kier alpha value is -2.92. The predicted molar refractivity (Wildman–Crippen MR) is 131 cm³/mol. The van der Waals surface area contributed by atoms with E-state index in [0.29, 0.717) is 16.8 Å². The lowest BCUT2D eigenvalue weighted by Gasteiger charge is -2.24. The van der Waals surface area contributed by atoms with Crippen molar-refractivity contribution in [3.8, 4) is 17.0 Å². The van der Waals surface area contributed by atoms with E-state index < -0.39 is 0 Å². The quantitative estimate of drug-likeness (QED) is 0.495. The molecule has 0 bridgehead atoms. The number of carbonyl (C=O) groups is 1. The first-order valence-electron chi connectivity index (χ1n) is 11.8. The molecule has 1 heterocycles. The van der Waals surface area contributed by atoms with Crippen molar-refractivity contribution in [1.82, 2.24) is 9.97 Å². The van der Waals surface area contributed by atoms with Gasteiger partial charge in [-0.1, -0.05) is 55.8 Å². The van der Waals surface area contributed by atoms with Gasteiger partial charge < -0.3 is 10.4 Å². The topological polar surface area (TPSA) is 75.1 Å². The lowest BCUT2D eigenvalue weighted by atomic mass is 9.85. The van der Waals surface area contributed by atoms with Crippen LogP contribution in [0.2, 0.25) is 5.02 Å². The minimum absolute atomic E-state index is 0.0994. The number of fused-ring (bicyclic) bond motifs is 3. The van der Waals surface area contributed by atoms with Crippen molar-refractivity contribution in [2.24, 2.45) is 5.92 Å². The van der Waals surface area contributed by atoms with E-state index in [1.165, 1.54) is 32.1 Å². The molecule has 2 aliphatic rings. The number of benzene rings is 2. The second-order valence-electron chi connectivity index (χ2n) is 9.22. The molecule has 33 heavy (non-hydrogen) atoms. The number of aromatic nitrogens is 2. The Balaban J connectivity index is 1.46. The van der Waals surface area contributed by atoms with Gasteiger partial charge in [0.25, 0.3) is 0 Å². The molecule has 0 saturated heterocycles. The van der Waals surface area contributed by atoms with Gasteiger partial charge in [-0.2, -0.15) is 0 Å². The molecule has 0 spiro atoms. The average molecular weight is 462 g/mol. The second-order valence-corrected chi connectivity index (χ2v) is 9.65. The first-order chi connectivity index (χ1) is 16.0. The normalized spacial score (nSPS) is 15.5. The van der Waals surface area contributed by atoms with Crippen LogP contribution in [0.3, 0.4) is 0 Å². The predicted octanol–water partition coefficient (Wildman–Crippen LogP) is 5.91. The van der Waals surface area contributed by atoms with E-state index in [-0.39, 0.29) is 18.1 Å². The number of aryl methyl sites for hydroxylation is 2. The zero-order valence-corrected chi connectivity index (χ0v) is 19.4. The minimum atomic E-state index is -0.0994. The van der Waals surface area contributed by atoms with Gasteiger partial charge in [0.2, 0.25) is 5.91 Å². The highest BCUT2D eigenvalue weighted by Crippen LogP contribution is 2.36. The SMILES string of the molecule is O=C(Cc1ccc(Cl)cc1)Nc1nc2c(nc1CC1CCCCC1)-c1ccc(O)cc1CC2. The fraction of sp³-hybridized carbons (Fsp3) is 0.370. The first-order valence-corrected chi connectivity index (χ1v) is 12.2. The fourth-order valence-corrected chi connectivity index (χ4v) is 5.16. The third-order valence-electron chi connectivity index (χ3n) is 6.76. The number of hydrogen-bond acceptors (Lipinski definition) is 4. The molecule has 0 aliphatic heterocycles. The highest BCUT2D eigenvalue weighted by Gasteiger charge is 2.25. The Morgan fingerprint density at radius 1 is 1.03 bits per heavy atom. The Bertz CT molecular complexity index is 1170. The second kappa shape index (κ2) is 9.52. The molecule has 2 aromatic carbocycles. The molecule has 1 fully saturated rings. The van der Waals surface area contributed by atoms with E-state index >= 15 is 0 Å². The number of rotatable bonds is 5. The van der Waals surface area contributed by atoms with Crippen LogP contribution < -0.4 is 5.32 Å². The van der Waals surface area contributed by atoms with Crippen molar-refractivity contribution >= 4 is 23.3 Å². The van der Waals surface area contributed by atoms with Crippen molar-refractivity contribution in [2.45, 2.75) is 57.8 Å². The number of hydrogen-bond donors (Lipinski definition) is 2. The summed E-state index contributed by atoms with van der Waals surface area (Å²) in [6.07, 6.45) is 8.82. The molecule has 1 aromatic heterocycles. The summed E-state index contributed by atoms with van der Waals surface area (Å²) < 4.78 is 0. The third kappa shape index (κ3) is 5.03. The highest BCUT2D eigenvalue weighted by atomic mass is 35.5. The number of amides is 1. The van der Waals surface area contributed by atoms with E-state index in [1.54, 1.807) is 18.2 Å². The molecule has 0 atom stereocenters. The van der Waals surface area contributed by atoms with Crippen LogP contribution in [0.4, 0.5) is 5.82 Å². The number of anilines is 1. The Labute approximate surface area is 199 Å². The molecule has 3 aromatic rings. The zero-order chi connectivity index (χ0) is 22.8. The van der Waals surface area contributed by atoms with Crippen molar-refractivity contribution in [3.63, 3.8) is 0 Å². The lowest BCUT2D eigenvalue weighted by molar-refractivity contribution is -0.115. The summed E-state index contributed by atoms with van der Waals surface area (Å²) in [4.78, 5) is 22.9. The molecule has 5 nitrogen and oxygen atoms in total. The highest BCUT2D eigenvalue weighted by molar-refractivity contribution is 6.30. The average Bonchev–Trinajstić information content (AvgIpc) is 2.81. The van der Waals surface area contributed by atoms with E-state index in [0.717, 1.165) is 53.0 Å². The van der Waals surface area contributed by atoms with Gasteiger partial charge in [-0.3, -0.25) is 4.79 Å². The van der Waals surface area contributed by atoms with Crippen molar-refractivity contribution in [3.05, 3.63) is 70.0 Å².